The Labute approximate surface area is 138 Å². The minimum atomic E-state index is -0.712. The van der Waals surface area contributed by atoms with Gasteiger partial charge in [0.15, 0.2) is 5.82 Å². The van der Waals surface area contributed by atoms with E-state index in [9.17, 15) is 9.90 Å². The number of phenols is 1. The van der Waals surface area contributed by atoms with Gasteiger partial charge >= 0.3 is 0 Å². The van der Waals surface area contributed by atoms with Crippen molar-refractivity contribution in [1.82, 2.24) is 14.8 Å². The summed E-state index contributed by atoms with van der Waals surface area (Å²) >= 11 is 0. The second kappa shape index (κ2) is 6.04. The molecule has 3 aromatic rings. The Kier molecular flexibility index (Phi) is 3.91. The van der Waals surface area contributed by atoms with Crippen molar-refractivity contribution in [3.63, 3.8) is 0 Å². The molecule has 0 aliphatic heterocycles. The van der Waals surface area contributed by atoms with Crippen molar-refractivity contribution in [3.05, 3.63) is 53.9 Å². The average molecular weight is 324 g/mol. The van der Waals surface area contributed by atoms with Crippen LogP contribution in [-0.2, 0) is 0 Å². The Morgan fingerprint density at radius 1 is 1.17 bits per heavy atom. The van der Waals surface area contributed by atoms with Crippen molar-refractivity contribution >= 4 is 5.91 Å². The number of hydrogen-bond acceptors (Lipinski definition) is 5. The fourth-order valence-corrected chi connectivity index (χ4v) is 2.42. The number of rotatable bonds is 4. The van der Waals surface area contributed by atoms with Crippen LogP contribution >= 0.6 is 0 Å². The summed E-state index contributed by atoms with van der Waals surface area (Å²) in [5.41, 5.74) is 7.40. The molecule has 1 heterocycles. The molecule has 2 aromatic carbocycles. The first-order valence-electron chi connectivity index (χ1n) is 7.21. The zero-order valence-electron chi connectivity index (χ0n) is 13.2. The summed E-state index contributed by atoms with van der Waals surface area (Å²) in [6, 6.07) is 12.2. The van der Waals surface area contributed by atoms with Gasteiger partial charge in [0, 0.05) is 5.69 Å². The third-order valence-electron chi connectivity index (χ3n) is 3.61. The Morgan fingerprint density at radius 3 is 2.46 bits per heavy atom. The molecule has 7 heteroatoms. The number of aryl methyl sites for hydroxylation is 1. The van der Waals surface area contributed by atoms with E-state index in [0.29, 0.717) is 22.8 Å². The monoisotopic (exact) mass is 324 g/mol. The molecule has 0 aliphatic rings. The topological polar surface area (TPSA) is 103 Å². The van der Waals surface area contributed by atoms with Crippen LogP contribution in [0.25, 0.3) is 17.1 Å². The molecule has 0 unspecified atom stereocenters. The molecule has 0 saturated carbocycles. The molecule has 1 aromatic heterocycles. The molecule has 0 fully saturated rings. The lowest BCUT2D eigenvalue weighted by Gasteiger charge is -2.11. The number of methoxy groups -OCH3 is 1. The number of primary amides is 1. The Bertz CT molecular complexity index is 901. The maximum atomic E-state index is 11.7. The Balaban J connectivity index is 2.22. The summed E-state index contributed by atoms with van der Waals surface area (Å²) in [7, 11) is 1.57. The van der Waals surface area contributed by atoms with Crippen LogP contribution in [0.2, 0.25) is 0 Å². The number of carbonyl (C=O) groups is 1. The van der Waals surface area contributed by atoms with Crippen LogP contribution in [0.3, 0.4) is 0 Å². The van der Waals surface area contributed by atoms with Gasteiger partial charge in [0.2, 0.25) is 5.82 Å². The van der Waals surface area contributed by atoms with Gasteiger partial charge in [0.05, 0.1) is 12.7 Å². The number of carbonyl (C=O) groups excluding carboxylic acids is 1. The molecule has 0 saturated heterocycles. The van der Waals surface area contributed by atoms with Crippen molar-refractivity contribution in [3.8, 4) is 28.6 Å². The molecule has 122 valence electrons. The second-order valence-electron chi connectivity index (χ2n) is 5.27. The van der Waals surface area contributed by atoms with Crippen molar-refractivity contribution in [2.24, 2.45) is 5.73 Å². The SMILES string of the molecule is COc1ccc(-n2c(C(N)=O)nnc2-c2ccc(C)cc2O)cc1. The predicted octanol–water partition coefficient (Wildman–Crippen LogP) is 2.06. The van der Waals surface area contributed by atoms with Crippen LogP contribution in [0.4, 0.5) is 0 Å². The molecule has 24 heavy (non-hydrogen) atoms. The summed E-state index contributed by atoms with van der Waals surface area (Å²) in [5.74, 6) is 0.318. The van der Waals surface area contributed by atoms with E-state index in [-0.39, 0.29) is 11.6 Å². The van der Waals surface area contributed by atoms with E-state index in [1.807, 2.05) is 13.0 Å². The van der Waals surface area contributed by atoms with Gasteiger partial charge in [-0.3, -0.25) is 9.36 Å². The van der Waals surface area contributed by atoms with Gasteiger partial charge in [-0.15, -0.1) is 10.2 Å². The van der Waals surface area contributed by atoms with Gasteiger partial charge in [-0.2, -0.15) is 0 Å². The minimum absolute atomic E-state index is 0.0184. The molecular formula is C17H16N4O3. The number of phenolic OH excluding ortho intramolecular Hbond substituents is 1. The number of aromatic nitrogens is 3. The van der Waals surface area contributed by atoms with E-state index in [1.165, 1.54) is 4.57 Å². The predicted molar refractivity (Wildman–Crippen MR) is 88.3 cm³/mol. The van der Waals surface area contributed by atoms with Crippen molar-refractivity contribution in [2.75, 3.05) is 7.11 Å². The van der Waals surface area contributed by atoms with Crippen molar-refractivity contribution in [2.45, 2.75) is 6.92 Å². The van der Waals surface area contributed by atoms with E-state index < -0.39 is 5.91 Å². The third-order valence-corrected chi connectivity index (χ3v) is 3.61. The quantitative estimate of drug-likeness (QED) is 0.764. The minimum Gasteiger partial charge on any atom is -0.507 e. The molecule has 0 radical (unpaired) electrons. The average Bonchev–Trinajstić information content (AvgIpc) is 3.00. The fraction of sp³-hybridized carbons (Fsp3) is 0.118. The zero-order chi connectivity index (χ0) is 17.3. The first-order chi connectivity index (χ1) is 11.5. The highest BCUT2D eigenvalue weighted by Crippen LogP contribution is 2.31. The van der Waals surface area contributed by atoms with Crippen LogP contribution in [0, 0.1) is 6.92 Å². The molecule has 3 rings (SSSR count). The smallest absolute Gasteiger partial charge is 0.287 e. The highest BCUT2D eigenvalue weighted by molar-refractivity contribution is 5.90. The first-order valence-corrected chi connectivity index (χ1v) is 7.21. The van der Waals surface area contributed by atoms with Crippen LogP contribution < -0.4 is 10.5 Å². The molecule has 3 N–H and O–H groups in total. The van der Waals surface area contributed by atoms with Gasteiger partial charge in [0.25, 0.3) is 5.91 Å². The molecule has 0 bridgehead atoms. The molecule has 1 amide bonds. The molecule has 0 aliphatic carbocycles. The zero-order valence-corrected chi connectivity index (χ0v) is 13.2. The lowest BCUT2D eigenvalue weighted by Crippen LogP contribution is -2.17. The van der Waals surface area contributed by atoms with Crippen molar-refractivity contribution < 1.29 is 14.6 Å². The number of hydrogen-bond donors (Lipinski definition) is 2. The van der Waals surface area contributed by atoms with Gasteiger partial charge in [-0.25, -0.2) is 0 Å². The number of benzene rings is 2. The highest BCUT2D eigenvalue weighted by atomic mass is 16.5. The lowest BCUT2D eigenvalue weighted by molar-refractivity contribution is 0.0988. The Hall–Kier alpha value is -3.35. The normalized spacial score (nSPS) is 10.6. The fourth-order valence-electron chi connectivity index (χ4n) is 2.42. The second-order valence-corrected chi connectivity index (χ2v) is 5.27. The summed E-state index contributed by atoms with van der Waals surface area (Å²) in [4.78, 5) is 11.7. The van der Waals surface area contributed by atoms with Gasteiger partial charge in [-0.1, -0.05) is 6.07 Å². The van der Waals surface area contributed by atoms with E-state index in [2.05, 4.69) is 10.2 Å². The molecule has 0 spiro atoms. The van der Waals surface area contributed by atoms with Crippen LogP contribution in [0.5, 0.6) is 11.5 Å². The number of nitrogens with zero attached hydrogens (tertiary/aromatic N) is 3. The van der Waals surface area contributed by atoms with E-state index >= 15 is 0 Å². The lowest BCUT2D eigenvalue weighted by atomic mass is 10.1. The number of ether oxygens (including phenoxy) is 1. The summed E-state index contributed by atoms with van der Waals surface area (Å²) in [6.07, 6.45) is 0. The summed E-state index contributed by atoms with van der Waals surface area (Å²) in [5, 5.41) is 18.1. The molecule has 7 nitrogen and oxygen atoms in total. The van der Waals surface area contributed by atoms with Gasteiger partial charge in [-0.05, 0) is 48.9 Å². The van der Waals surface area contributed by atoms with E-state index in [1.54, 1.807) is 43.5 Å². The number of nitrogens with two attached hydrogens (primary N) is 1. The van der Waals surface area contributed by atoms with Crippen LogP contribution in [-0.4, -0.2) is 32.9 Å². The van der Waals surface area contributed by atoms with E-state index in [0.717, 1.165) is 5.56 Å². The standard InChI is InChI=1S/C17H16N4O3/c1-10-3-8-13(14(22)9-10)16-19-20-17(15(18)23)21(16)11-4-6-12(24-2)7-5-11/h3-9,22H,1-2H3,(H2,18,23). The van der Waals surface area contributed by atoms with E-state index in [4.69, 9.17) is 10.5 Å². The first kappa shape index (κ1) is 15.5. The molecular weight excluding hydrogens is 308 g/mol. The van der Waals surface area contributed by atoms with Crippen molar-refractivity contribution in [1.29, 1.82) is 0 Å². The maximum absolute atomic E-state index is 11.7. The summed E-state index contributed by atoms with van der Waals surface area (Å²) < 4.78 is 6.65. The third kappa shape index (κ3) is 2.67. The van der Waals surface area contributed by atoms with Crippen LogP contribution in [0.1, 0.15) is 16.2 Å². The number of amides is 1. The highest BCUT2D eigenvalue weighted by Gasteiger charge is 2.21. The maximum Gasteiger partial charge on any atom is 0.287 e. The number of aromatic hydroxyl groups is 1. The molecule has 0 atom stereocenters. The van der Waals surface area contributed by atoms with Gasteiger partial charge in [0.1, 0.15) is 11.5 Å². The van der Waals surface area contributed by atoms with Crippen LogP contribution in [0.15, 0.2) is 42.5 Å². The summed E-state index contributed by atoms with van der Waals surface area (Å²) in [6.45, 7) is 1.87. The Morgan fingerprint density at radius 2 is 1.88 bits per heavy atom. The van der Waals surface area contributed by atoms with Gasteiger partial charge < -0.3 is 15.6 Å². The largest absolute Gasteiger partial charge is 0.507 e.